The van der Waals surface area contributed by atoms with Crippen LogP contribution in [0.2, 0.25) is 0 Å². The molecule has 3 amide bonds. The summed E-state index contributed by atoms with van der Waals surface area (Å²) in [6, 6.07) is 9.40. The Hall–Kier alpha value is -5.15. The molecule has 0 bridgehead atoms. The molecule has 3 heterocycles. The normalized spacial score (nSPS) is 25.1. The van der Waals surface area contributed by atoms with Gasteiger partial charge in [0.25, 0.3) is 5.91 Å². The molecule has 4 aliphatic rings. The van der Waals surface area contributed by atoms with E-state index in [1.807, 2.05) is 56.3 Å². The van der Waals surface area contributed by atoms with Crippen LogP contribution in [0.25, 0.3) is 11.3 Å². The molecule has 5 unspecified atom stereocenters. The monoisotopic (exact) mass is 926 g/mol. The number of fused-ring (bicyclic) bond motifs is 2. The first-order chi connectivity index (χ1) is 30.9. The fraction of sp³-hybridized carbons (Fsp3) is 0.520. The average molecular weight is 927 g/mol. The van der Waals surface area contributed by atoms with E-state index in [1.54, 1.807) is 42.4 Å². The third-order valence-electron chi connectivity index (χ3n) is 13.8. The number of methoxy groups -OCH3 is 1. The second-order valence-corrected chi connectivity index (χ2v) is 21.9. The number of allylic oxidation sites excluding steroid dienone is 4. The quantitative estimate of drug-likeness (QED) is 0.0561. The van der Waals surface area contributed by atoms with Crippen molar-refractivity contribution in [2.24, 2.45) is 5.92 Å². The maximum Gasteiger partial charge on any atom is 0.259 e. The molecule has 2 aromatic carbocycles. The summed E-state index contributed by atoms with van der Waals surface area (Å²) >= 11 is 1.59. The van der Waals surface area contributed by atoms with Crippen molar-refractivity contribution in [1.29, 1.82) is 0 Å². The third kappa shape index (κ3) is 10.3. The van der Waals surface area contributed by atoms with Gasteiger partial charge in [-0.15, -0.1) is 11.3 Å². The molecule has 7 rings (SSSR count). The number of nitrogens with two attached hydrogens (primary N) is 1. The van der Waals surface area contributed by atoms with Crippen molar-refractivity contribution >= 4 is 61.8 Å². The van der Waals surface area contributed by atoms with Crippen molar-refractivity contribution in [2.75, 3.05) is 24.7 Å². The Kier molecular flexibility index (Phi) is 14.2. The van der Waals surface area contributed by atoms with Crippen LogP contribution in [0.4, 0.5) is 11.4 Å². The molecule has 5 atom stereocenters. The summed E-state index contributed by atoms with van der Waals surface area (Å²) in [7, 11) is -2.35. The predicted octanol–water partition coefficient (Wildman–Crippen LogP) is 8.56. The van der Waals surface area contributed by atoms with Gasteiger partial charge in [0.05, 0.1) is 24.1 Å². The van der Waals surface area contributed by atoms with Gasteiger partial charge in [-0.1, -0.05) is 57.4 Å². The van der Waals surface area contributed by atoms with Crippen LogP contribution in [0.1, 0.15) is 132 Å². The fourth-order valence-corrected chi connectivity index (χ4v) is 11.2. The van der Waals surface area contributed by atoms with Crippen LogP contribution in [0.5, 0.6) is 5.75 Å². The Balaban J connectivity index is 1.29. The number of nitrogens with one attached hydrogen (secondary N) is 3. The smallest absolute Gasteiger partial charge is 0.259 e. The van der Waals surface area contributed by atoms with Crippen LogP contribution in [0.3, 0.4) is 0 Å². The number of aromatic nitrogens is 1. The number of carbonyl (C=O) groups is 3. The minimum Gasteiger partial charge on any atom is -0.496 e. The van der Waals surface area contributed by atoms with Crippen molar-refractivity contribution in [3.63, 3.8) is 0 Å². The molecule has 0 radical (unpaired) electrons. The van der Waals surface area contributed by atoms with E-state index in [-0.39, 0.29) is 31.2 Å². The summed E-state index contributed by atoms with van der Waals surface area (Å²) in [6.45, 7) is 14.2. The molecule has 350 valence electrons. The molecular weight excluding hydrogens is 861 g/mol. The highest BCUT2D eigenvalue weighted by Gasteiger charge is 2.63. The molecule has 2 aliphatic heterocycles. The molecule has 65 heavy (non-hydrogen) atoms. The van der Waals surface area contributed by atoms with Crippen LogP contribution in [-0.2, 0) is 29.1 Å². The molecule has 3 fully saturated rings. The number of rotatable bonds is 13. The standard InChI is InChI=1S/C50H66N6O7S2/c1-9-31(4)39(46-53-41(29-64-46)30(2)3)26-44(38-20-21-43(62-8)33(6)32(38)5)63-37-25-42-45(57)54-50(48(59)55-65(60,61)49(7)22-23-49)27-34(50)16-13-11-10-12-14-19-40(47(58)56(42)28-37)52-36-18-15-17-35(51)24-36/h13,15-18,20-21,24,26,29-30,34,37,40,42,52H,9-12,14,19,22-23,25,27-28,51H2,1-8H3,(H,54,57)(H,55,59). The van der Waals surface area contributed by atoms with E-state index in [0.717, 1.165) is 76.4 Å². The highest BCUT2D eigenvalue weighted by Crippen LogP contribution is 2.48. The molecule has 5 N–H and O–H groups in total. The number of sulfonamides is 1. The van der Waals surface area contributed by atoms with Gasteiger partial charge in [-0.2, -0.15) is 0 Å². The number of hydrogen-bond acceptors (Lipinski definition) is 11. The Morgan fingerprint density at radius 1 is 1.12 bits per heavy atom. The number of hydrogen-bond donors (Lipinski definition) is 4. The van der Waals surface area contributed by atoms with Gasteiger partial charge in [0.15, 0.2) is 0 Å². The zero-order valence-electron chi connectivity index (χ0n) is 39.1. The van der Waals surface area contributed by atoms with Crippen molar-refractivity contribution < 1.29 is 32.3 Å². The number of nitrogens with zero attached hydrogens (tertiary/aromatic N) is 2. The molecule has 3 aromatic rings. The lowest BCUT2D eigenvalue weighted by Crippen LogP contribution is -2.58. The van der Waals surface area contributed by atoms with Gasteiger partial charge in [-0.3, -0.25) is 19.1 Å². The minimum absolute atomic E-state index is 0.0768. The lowest BCUT2D eigenvalue weighted by molar-refractivity contribution is -0.140. The van der Waals surface area contributed by atoms with E-state index in [1.165, 1.54) is 0 Å². The molecule has 2 saturated carbocycles. The van der Waals surface area contributed by atoms with Gasteiger partial charge in [0.2, 0.25) is 21.8 Å². The van der Waals surface area contributed by atoms with E-state index in [0.29, 0.717) is 36.4 Å². The van der Waals surface area contributed by atoms with E-state index in [4.69, 9.17) is 20.2 Å². The van der Waals surface area contributed by atoms with Crippen LogP contribution >= 0.6 is 11.3 Å². The van der Waals surface area contributed by atoms with E-state index in [2.05, 4.69) is 48.4 Å². The summed E-state index contributed by atoms with van der Waals surface area (Å²) in [5.74, 6) is -0.448. The van der Waals surface area contributed by atoms with Gasteiger partial charge >= 0.3 is 0 Å². The van der Waals surface area contributed by atoms with Gasteiger partial charge < -0.3 is 30.7 Å². The minimum atomic E-state index is -4.00. The van der Waals surface area contributed by atoms with Gasteiger partial charge in [-0.25, -0.2) is 13.4 Å². The predicted molar refractivity (Wildman–Crippen MR) is 259 cm³/mol. The van der Waals surface area contributed by atoms with E-state index in [9.17, 15) is 18.0 Å². The second kappa shape index (κ2) is 19.4. The van der Waals surface area contributed by atoms with Crippen molar-refractivity contribution in [2.45, 2.75) is 147 Å². The number of ether oxygens (including phenoxy) is 2. The van der Waals surface area contributed by atoms with Crippen molar-refractivity contribution in [3.8, 4) is 5.75 Å². The van der Waals surface area contributed by atoms with Gasteiger partial charge in [0, 0.05) is 40.2 Å². The van der Waals surface area contributed by atoms with Crippen LogP contribution < -0.4 is 25.8 Å². The van der Waals surface area contributed by atoms with Crippen LogP contribution in [0, 0.1) is 19.8 Å². The average Bonchev–Trinajstić information content (AvgIpc) is 4.04. The Labute approximate surface area is 388 Å². The Morgan fingerprint density at radius 3 is 2.57 bits per heavy atom. The highest BCUT2D eigenvalue weighted by molar-refractivity contribution is 7.91. The van der Waals surface area contributed by atoms with Crippen molar-refractivity contribution in [1.82, 2.24) is 19.9 Å². The number of thiazole rings is 1. The largest absolute Gasteiger partial charge is 0.496 e. The van der Waals surface area contributed by atoms with E-state index >= 15 is 4.79 Å². The topological polar surface area (TPSA) is 182 Å². The summed E-state index contributed by atoms with van der Waals surface area (Å²) in [5, 5.41) is 9.42. The lowest BCUT2D eigenvalue weighted by atomic mass is 9.98. The highest BCUT2D eigenvalue weighted by atomic mass is 32.2. The Bertz CT molecular complexity index is 2510. The number of carbonyl (C=O) groups excluding carboxylic acids is 3. The summed E-state index contributed by atoms with van der Waals surface area (Å²) in [4.78, 5) is 50.8. The molecule has 15 heteroatoms. The zero-order valence-corrected chi connectivity index (χ0v) is 40.7. The molecule has 13 nitrogen and oxygen atoms in total. The van der Waals surface area contributed by atoms with Crippen LogP contribution in [0.15, 0.2) is 65.6 Å². The molecular formula is C50H66N6O7S2. The fourth-order valence-electron chi connectivity index (χ4n) is 8.78. The zero-order chi connectivity index (χ0) is 46.8. The number of nitrogen functional groups attached to an aromatic ring is 1. The number of anilines is 2. The SMILES string of the molecule is CCC(C)=C(C=C(OC1CC2C(=O)NC3(C(=O)NS(=O)(=O)C4(C)CC4)CC3C=CCCCCCC(Nc3cccc(N)c3)C(=O)N2C1)c1ccc(OC)c(C)c1C)c1nc(C(C)C)cs1. The summed E-state index contributed by atoms with van der Waals surface area (Å²) in [6.07, 6.45) is 11.1. The third-order valence-corrected chi connectivity index (χ3v) is 16.9. The first-order valence-electron chi connectivity index (χ1n) is 23.1. The lowest BCUT2D eigenvalue weighted by Gasteiger charge is -2.30. The maximum absolute atomic E-state index is 15.1. The maximum atomic E-state index is 15.1. The molecule has 2 aliphatic carbocycles. The molecule has 1 aromatic heterocycles. The summed E-state index contributed by atoms with van der Waals surface area (Å²) < 4.78 is 40.9. The van der Waals surface area contributed by atoms with Gasteiger partial charge in [-0.05, 0) is 126 Å². The summed E-state index contributed by atoms with van der Waals surface area (Å²) in [5.41, 5.74) is 11.7. The number of benzene rings is 2. The number of amides is 3. The first-order valence-corrected chi connectivity index (χ1v) is 25.4. The van der Waals surface area contributed by atoms with Crippen LogP contribution in [-0.4, -0.2) is 78.2 Å². The van der Waals surface area contributed by atoms with Gasteiger partial charge in [0.1, 0.15) is 40.2 Å². The molecule has 1 saturated heterocycles. The van der Waals surface area contributed by atoms with Crippen molar-refractivity contribution in [3.05, 3.63) is 93.0 Å². The Morgan fingerprint density at radius 2 is 1.89 bits per heavy atom. The first kappa shape index (κ1) is 47.8. The second-order valence-electron chi connectivity index (χ2n) is 18.9. The van der Waals surface area contributed by atoms with E-state index < -0.39 is 56.2 Å². The molecule has 0 spiro atoms.